The van der Waals surface area contributed by atoms with Gasteiger partial charge in [-0.15, -0.1) is 0 Å². The van der Waals surface area contributed by atoms with Crippen molar-refractivity contribution in [3.63, 3.8) is 0 Å². The molecule has 70 valence electrons. The molecule has 0 bridgehead atoms. The molecule has 1 atom stereocenters. The van der Waals surface area contributed by atoms with Gasteiger partial charge in [-0.25, -0.2) is 0 Å². The molecule has 0 aliphatic carbocycles. The van der Waals surface area contributed by atoms with Gasteiger partial charge in [-0.1, -0.05) is 17.7 Å². The maximum absolute atomic E-state index is 3.46. The van der Waals surface area contributed by atoms with Crippen LogP contribution in [0.4, 0.5) is 0 Å². The second-order valence-corrected chi connectivity index (χ2v) is 4.11. The molecule has 1 aromatic rings. The molecule has 1 heteroatoms. The zero-order chi connectivity index (χ0) is 9.42. The van der Waals surface area contributed by atoms with E-state index in [0.717, 1.165) is 0 Å². The van der Waals surface area contributed by atoms with Crippen molar-refractivity contribution in [1.82, 2.24) is 5.32 Å². The molecule has 0 aromatic heterocycles. The van der Waals surface area contributed by atoms with Crippen LogP contribution in [0, 0.1) is 20.8 Å². The minimum Gasteiger partial charge on any atom is -0.310 e. The third-order valence-corrected chi connectivity index (χ3v) is 2.91. The minimum absolute atomic E-state index is 0.626. The summed E-state index contributed by atoms with van der Waals surface area (Å²) in [6.45, 7) is 7.78. The summed E-state index contributed by atoms with van der Waals surface area (Å²) in [6.07, 6.45) is 1.30. The Morgan fingerprint density at radius 3 is 2.08 bits per heavy atom. The van der Waals surface area contributed by atoms with Crippen molar-refractivity contribution < 1.29 is 0 Å². The topological polar surface area (TPSA) is 12.0 Å². The van der Waals surface area contributed by atoms with Gasteiger partial charge in [0.2, 0.25) is 0 Å². The molecule has 1 aromatic carbocycles. The second kappa shape index (κ2) is 3.15. The van der Waals surface area contributed by atoms with Crippen LogP contribution in [0.5, 0.6) is 0 Å². The van der Waals surface area contributed by atoms with Crippen LogP contribution in [0.2, 0.25) is 0 Å². The molecule has 0 radical (unpaired) electrons. The summed E-state index contributed by atoms with van der Waals surface area (Å²) in [5.41, 5.74) is 5.78. The second-order valence-electron chi connectivity index (χ2n) is 4.11. The van der Waals surface area contributed by atoms with Gasteiger partial charge < -0.3 is 5.32 Å². The molecule has 2 rings (SSSR count). The van der Waals surface area contributed by atoms with Crippen LogP contribution in [-0.4, -0.2) is 6.54 Å². The molecule has 1 fully saturated rings. The lowest BCUT2D eigenvalue weighted by Gasteiger charge is -2.31. The lowest BCUT2D eigenvalue weighted by atomic mass is 9.89. The van der Waals surface area contributed by atoms with Gasteiger partial charge in [0.25, 0.3) is 0 Å². The molecule has 0 saturated carbocycles. The van der Waals surface area contributed by atoms with Gasteiger partial charge >= 0.3 is 0 Å². The molecule has 1 heterocycles. The fraction of sp³-hybridized carbons (Fsp3) is 0.500. The molecule has 1 N–H and O–H groups in total. The minimum atomic E-state index is 0.626. The summed E-state index contributed by atoms with van der Waals surface area (Å²) in [6, 6.07) is 5.19. The van der Waals surface area contributed by atoms with E-state index in [0.29, 0.717) is 6.04 Å². The van der Waals surface area contributed by atoms with E-state index in [1.54, 1.807) is 0 Å². The maximum atomic E-state index is 3.46. The van der Waals surface area contributed by atoms with Crippen molar-refractivity contribution in [2.75, 3.05) is 6.54 Å². The Balaban J connectivity index is 2.43. The Morgan fingerprint density at radius 1 is 1.15 bits per heavy atom. The number of hydrogen-bond acceptors (Lipinski definition) is 1. The fourth-order valence-corrected chi connectivity index (χ4v) is 2.28. The highest BCUT2D eigenvalue weighted by molar-refractivity contribution is 5.40. The number of aryl methyl sites for hydroxylation is 3. The molecule has 1 aliphatic rings. The predicted molar refractivity (Wildman–Crippen MR) is 56.0 cm³/mol. The van der Waals surface area contributed by atoms with Crippen molar-refractivity contribution in [3.8, 4) is 0 Å². The normalized spacial score (nSPS) is 21.3. The van der Waals surface area contributed by atoms with Crippen LogP contribution in [-0.2, 0) is 0 Å². The van der Waals surface area contributed by atoms with E-state index in [9.17, 15) is 0 Å². The Hall–Kier alpha value is -0.820. The predicted octanol–water partition coefficient (Wildman–Crippen LogP) is 2.65. The molecule has 0 amide bonds. The highest BCUT2D eigenvalue weighted by atomic mass is 15.0. The molecule has 13 heavy (non-hydrogen) atoms. The molecule has 1 aliphatic heterocycles. The summed E-state index contributed by atoms with van der Waals surface area (Å²) < 4.78 is 0. The summed E-state index contributed by atoms with van der Waals surface area (Å²) in [4.78, 5) is 0. The first-order valence-corrected chi connectivity index (χ1v) is 4.99. The SMILES string of the molecule is Cc1cc(C)c(C2CCN2)c(C)c1. The van der Waals surface area contributed by atoms with Gasteiger partial charge in [0.15, 0.2) is 0 Å². The average molecular weight is 175 g/mol. The first-order chi connectivity index (χ1) is 6.18. The molecule has 1 unspecified atom stereocenters. The largest absolute Gasteiger partial charge is 0.310 e. The van der Waals surface area contributed by atoms with E-state index in [-0.39, 0.29) is 0 Å². The lowest BCUT2D eigenvalue weighted by Crippen LogP contribution is -2.35. The quantitative estimate of drug-likeness (QED) is 0.692. The summed E-state index contributed by atoms with van der Waals surface area (Å²) >= 11 is 0. The van der Waals surface area contributed by atoms with Crippen LogP contribution < -0.4 is 5.32 Å². The van der Waals surface area contributed by atoms with Crippen LogP contribution in [0.1, 0.15) is 34.7 Å². The van der Waals surface area contributed by atoms with E-state index in [1.165, 1.54) is 35.2 Å². The van der Waals surface area contributed by atoms with Crippen molar-refractivity contribution in [1.29, 1.82) is 0 Å². The van der Waals surface area contributed by atoms with E-state index in [2.05, 4.69) is 38.2 Å². The van der Waals surface area contributed by atoms with Crippen molar-refractivity contribution in [2.24, 2.45) is 0 Å². The van der Waals surface area contributed by atoms with E-state index >= 15 is 0 Å². The van der Waals surface area contributed by atoms with Gasteiger partial charge in [0, 0.05) is 6.04 Å². The first kappa shape index (κ1) is 8.76. The number of nitrogens with one attached hydrogen (secondary N) is 1. The van der Waals surface area contributed by atoms with E-state index in [1.807, 2.05) is 0 Å². The number of rotatable bonds is 1. The Bertz CT molecular complexity index is 301. The maximum Gasteiger partial charge on any atom is 0.0337 e. The van der Waals surface area contributed by atoms with Crippen molar-refractivity contribution in [2.45, 2.75) is 33.2 Å². The van der Waals surface area contributed by atoms with Crippen LogP contribution in [0.3, 0.4) is 0 Å². The molecule has 1 nitrogen and oxygen atoms in total. The van der Waals surface area contributed by atoms with Crippen molar-refractivity contribution >= 4 is 0 Å². The third kappa shape index (κ3) is 1.49. The highest BCUT2D eigenvalue weighted by Crippen LogP contribution is 2.29. The highest BCUT2D eigenvalue weighted by Gasteiger charge is 2.21. The summed E-state index contributed by atoms with van der Waals surface area (Å²) in [7, 11) is 0. The summed E-state index contributed by atoms with van der Waals surface area (Å²) in [5.74, 6) is 0. The van der Waals surface area contributed by atoms with Crippen LogP contribution in [0.25, 0.3) is 0 Å². The zero-order valence-electron chi connectivity index (χ0n) is 8.65. The lowest BCUT2D eigenvalue weighted by molar-refractivity contribution is 0.380. The van der Waals surface area contributed by atoms with Crippen molar-refractivity contribution in [3.05, 3.63) is 34.4 Å². The van der Waals surface area contributed by atoms with Gasteiger partial charge in [0.05, 0.1) is 0 Å². The van der Waals surface area contributed by atoms with Gasteiger partial charge in [-0.3, -0.25) is 0 Å². The Labute approximate surface area is 80.2 Å². The smallest absolute Gasteiger partial charge is 0.0337 e. The van der Waals surface area contributed by atoms with Gasteiger partial charge in [0.1, 0.15) is 0 Å². The van der Waals surface area contributed by atoms with E-state index in [4.69, 9.17) is 0 Å². The summed E-state index contributed by atoms with van der Waals surface area (Å²) in [5, 5.41) is 3.46. The first-order valence-electron chi connectivity index (χ1n) is 4.99. The Morgan fingerprint density at radius 2 is 1.69 bits per heavy atom. The van der Waals surface area contributed by atoms with Gasteiger partial charge in [-0.2, -0.15) is 0 Å². The standard InChI is InChI=1S/C12H17N/c1-8-6-9(2)12(10(3)7-8)11-4-5-13-11/h6-7,11,13H,4-5H2,1-3H3. The fourth-order valence-electron chi connectivity index (χ4n) is 2.28. The third-order valence-electron chi connectivity index (χ3n) is 2.91. The molecular formula is C12H17N. The molecule has 1 saturated heterocycles. The monoisotopic (exact) mass is 175 g/mol. The molecule has 0 spiro atoms. The van der Waals surface area contributed by atoms with Crippen LogP contribution in [0.15, 0.2) is 12.1 Å². The zero-order valence-corrected chi connectivity index (χ0v) is 8.65. The number of benzene rings is 1. The van der Waals surface area contributed by atoms with Gasteiger partial charge in [-0.05, 0) is 50.4 Å². The molecular weight excluding hydrogens is 158 g/mol. The van der Waals surface area contributed by atoms with E-state index < -0.39 is 0 Å². The van der Waals surface area contributed by atoms with Crippen LogP contribution >= 0.6 is 0 Å². The average Bonchev–Trinajstić information content (AvgIpc) is 1.92. The number of hydrogen-bond donors (Lipinski definition) is 1. The Kier molecular flexibility index (Phi) is 2.12.